The first-order valence-electron chi connectivity index (χ1n) is 2.97. The molecule has 0 unspecified atom stereocenters. The number of halogens is 1. The molecule has 6 heteroatoms. The highest BCUT2D eigenvalue weighted by atomic mass is 35.5. The lowest BCUT2D eigenvalue weighted by Crippen LogP contribution is -1.98. The van der Waals surface area contributed by atoms with E-state index in [-0.39, 0.29) is 0 Å². The Bertz CT molecular complexity index is 395. The molecule has 0 N–H and O–H groups in total. The fourth-order valence-electron chi connectivity index (χ4n) is 0.756. The van der Waals surface area contributed by atoms with Gasteiger partial charge in [-0.3, -0.25) is 0 Å². The van der Waals surface area contributed by atoms with Gasteiger partial charge in [0.15, 0.2) is 5.15 Å². The van der Waals surface area contributed by atoms with E-state index in [9.17, 15) is 0 Å². The van der Waals surface area contributed by atoms with Gasteiger partial charge in [0.25, 0.3) is 5.78 Å². The normalized spacial score (nSPS) is 10.7. The average molecular weight is 170 g/mol. The van der Waals surface area contributed by atoms with Crippen LogP contribution in [0.1, 0.15) is 5.69 Å². The summed E-state index contributed by atoms with van der Waals surface area (Å²) < 4.78 is 1.43. The molecule has 0 spiro atoms. The topological polar surface area (TPSA) is 56.0 Å². The second-order valence-electron chi connectivity index (χ2n) is 2.05. The van der Waals surface area contributed by atoms with E-state index >= 15 is 0 Å². The molecule has 0 amide bonds. The van der Waals surface area contributed by atoms with Gasteiger partial charge in [0.2, 0.25) is 0 Å². The van der Waals surface area contributed by atoms with Crippen molar-refractivity contribution in [2.45, 2.75) is 6.92 Å². The summed E-state index contributed by atoms with van der Waals surface area (Å²) in [6, 6.07) is 0. The molecule has 0 radical (unpaired) electrons. The first-order valence-corrected chi connectivity index (χ1v) is 3.35. The molecule has 0 aromatic carbocycles. The van der Waals surface area contributed by atoms with Gasteiger partial charge in [-0.1, -0.05) is 11.6 Å². The van der Waals surface area contributed by atoms with E-state index in [1.54, 1.807) is 6.92 Å². The van der Waals surface area contributed by atoms with Crippen molar-refractivity contribution < 1.29 is 0 Å². The molecule has 0 bridgehead atoms. The van der Waals surface area contributed by atoms with Crippen molar-refractivity contribution >= 4 is 17.4 Å². The van der Waals surface area contributed by atoms with Gasteiger partial charge >= 0.3 is 0 Å². The van der Waals surface area contributed by atoms with Crippen LogP contribution in [0.3, 0.4) is 0 Å². The van der Waals surface area contributed by atoms with Crippen LogP contribution >= 0.6 is 11.6 Å². The summed E-state index contributed by atoms with van der Waals surface area (Å²) in [4.78, 5) is 3.81. The maximum absolute atomic E-state index is 5.83. The first-order chi connectivity index (χ1) is 5.29. The Kier molecular flexibility index (Phi) is 1.25. The minimum Gasteiger partial charge on any atom is -0.196 e. The molecule has 0 atom stereocenters. The zero-order chi connectivity index (χ0) is 7.84. The Morgan fingerprint density at radius 2 is 2.27 bits per heavy atom. The Hall–Kier alpha value is -1.23. The summed E-state index contributed by atoms with van der Waals surface area (Å²) in [6.07, 6.45) is 1.38. The van der Waals surface area contributed by atoms with E-state index in [4.69, 9.17) is 11.6 Å². The number of rotatable bonds is 0. The minimum absolute atomic E-state index is 0.417. The largest absolute Gasteiger partial charge is 0.273 e. The summed E-state index contributed by atoms with van der Waals surface area (Å²) >= 11 is 5.83. The van der Waals surface area contributed by atoms with E-state index in [0.717, 1.165) is 0 Å². The zero-order valence-corrected chi connectivity index (χ0v) is 6.45. The summed E-state index contributed by atoms with van der Waals surface area (Å²) in [5.41, 5.74) is 0.643. The molecular weight excluding hydrogens is 166 g/mol. The average Bonchev–Trinajstić information content (AvgIpc) is 2.45. The maximum Gasteiger partial charge on any atom is 0.273 e. The third-order valence-electron chi connectivity index (χ3n) is 1.30. The molecule has 0 saturated carbocycles. The van der Waals surface area contributed by atoms with Crippen molar-refractivity contribution in [3.8, 4) is 0 Å². The predicted molar refractivity (Wildman–Crippen MR) is 38.3 cm³/mol. The second-order valence-corrected chi connectivity index (χ2v) is 2.41. The molecule has 0 aliphatic rings. The number of hydrogen-bond acceptors (Lipinski definition) is 4. The standard InChI is InChI=1S/C5H4ClN5/c1-3-4(6)11-5(10-9-3)7-2-8-11/h2H,1H3. The number of fused-ring (bicyclic) bond motifs is 1. The zero-order valence-electron chi connectivity index (χ0n) is 5.69. The van der Waals surface area contributed by atoms with Crippen LogP contribution in [0.15, 0.2) is 6.33 Å². The van der Waals surface area contributed by atoms with E-state index in [2.05, 4.69) is 20.3 Å². The molecule has 5 nitrogen and oxygen atoms in total. The van der Waals surface area contributed by atoms with Crippen LogP contribution in [0.4, 0.5) is 0 Å². The van der Waals surface area contributed by atoms with Gasteiger partial charge < -0.3 is 0 Å². The van der Waals surface area contributed by atoms with Crippen molar-refractivity contribution in [3.63, 3.8) is 0 Å². The highest BCUT2D eigenvalue weighted by Crippen LogP contribution is 2.09. The van der Waals surface area contributed by atoms with Gasteiger partial charge in [0, 0.05) is 0 Å². The maximum atomic E-state index is 5.83. The summed E-state index contributed by atoms with van der Waals surface area (Å²) in [5, 5.41) is 11.8. The summed E-state index contributed by atoms with van der Waals surface area (Å²) in [7, 11) is 0. The van der Waals surface area contributed by atoms with Crippen molar-refractivity contribution in [1.29, 1.82) is 0 Å². The molecule has 11 heavy (non-hydrogen) atoms. The van der Waals surface area contributed by atoms with Gasteiger partial charge in [-0.25, -0.2) is 0 Å². The number of hydrogen-bond donors (Lipinski definition) is 0. The van der Waals surface area contributed by atoms with Crippen LogP contribution in [-0.2, 0) is 0 Å². The second kappa shape index (κ2) is 2.13. The molecule has 0 aliphatic heterocycles. The van der Waals surface area contributed by atoms with Crippen LogP contribution < -0.4 is 0 Å². The van der Waals surface area contributed by atoms with E-state index < -0.39 is 0 Å². The molecule has 2 heterocycles. The van der Waals surface area contributed by atoms with E-state index in [0.29, 0.717) is 16.6 Å². The fraction of sp³-hybridized carbons (Fsp3) is 0.200. The van der Waals surface area contributed by atoms with Gasteiger partial charge in [-0.05, 0) is 6.92 Å². The number of nitrogens with zero attached hydrogens (tertiary/aromatic N) is 5. The van der Waals surface area contributed by atoms with Crippen LogP contribution in [0.2, 0.25) is 5.15 Å². The lowest BCUT2D eigenvalue weighted by molar-refractivity contribution is 0.861. The molecule has 2 aromatic rings. The molecule has 0 fully saturated rings. The third kappa shape index (κ3) is 0.848. The smallest absolute Gasteiger partial charge is 0.196 e. The first kappa shape index (κ1) is 6.48. The van der Waals surface area contributed by atoms with Gasteiger partial charge in [0.1, 0.15) is 6.33 Å². The van der Waals surface area contributed by atoms with Crippen LogP contribution in [-0.4, -0.2) is 24.8 Å². The quantitative estimate of drug-likeness (QED) is 0.576. The Morgan fingerprint density at radius 3 is 3.09 bits per heavy atom. The predicted octanol–water partition coefficient (Wildman–Crippen LogP) is 0.481. The highest BCUT2D eigenvalue weighted by molar-refractivity contribution is 6.30. The lowest BCUT2D eigenvalue weighted by atomic mass is 10.5. The molecule has 0 saturated heterocycles. The van der Waals surface area contributed by atoms with Crippen LogP contribution in [0.5, 0.6) is 0 Å². The van der Waals surface area contributed by atoms with Crippen LogP contribution in [0, 0.1) is 6.92 Å². The van der Waals surface area contributed by atoms with Crippen molar-refractivity contribution in [1.82, 2.24) is 24.8 Å². The van der Waals surface area contributed by atoms with Gasteiger partial charge in [0.05, 0.1) is 5.69 Å². The van der Waals surface area contributed by atoms with Gasteiger partial charge in [-0.15, -0.1) is 10.2 Å². The van der Waals surface area contributed by atoms with E-state index in [1.165, 1.54) is 10.8 Å². The molecule has 0 aliphatic carbocycles. The van der Waals surface area contributed by atoms with Crippen LogP contribution in [0.25, 0.3) is 5.78 Å². The highest BCUT2D eigenvalue weighted by Gasteiger charge is 2.04. The molecule has 2 rings (SSSR count). The lowest BCUT2D eigenvalue weighted by Gasteiger charge is -1.95. The SMILES string of the molecule is Cc1nnc2ncnn2c1Cl. The van der Waals surface area contributed by atoms with Crippen molar-refractivity contribution in [2.75, 3.05) is 0 Å². The summed E-state index contributed by atoms with van der Waals surface area (Å²) in [6.45, 7) is 1.76. The van der Waals surface area contributed by atoms with E-state index in [1.807, 2.05) is 0 Å². The number of aromatic nitrogens is 5. The van der Waals surface area contributed by atoms with Crippen molar-refractivity contribution in [3.05, 3.63) is 17.2 Å². The fourth-order valence-corrected chi connectivity index (χ4v) is 0.913. The Morgan fingerprint density at radius 1 is 1.45 bits per heavy atom. The van der Waals surface area contributed by atoms with Crippen molar-refractivity contribution in [2.24, 2.45) is 0 Å². The Labute approximate surface area is 67.0 Å². The molecule has 56 valence electrons. The minimum atomic E-state index is 0.417. The monoisotopic (exact) mass is 169 g/mol. The van der Waals surface area contributed by atoms with Gasteiger partial charge in [-0.2, -0.15) is 14.6 Å². The molecular formula is C5H4ClN5. The number of aryl methyl sites for hydroxylation is 1. The molecule has 2 aromatic heterocycles. The third-order valence-corrected chi connectivity index (χ3v) is 1.74. The summed E-state index contributed by atoms with van der Waals surface area (Å²) in [5.74, 6) is 0.417. The Balaban J connectivity index is 2.93.